The molecule has 0 atom stereocenters. The molecule has 2 heterocycles. The minimum absolute atomic E-state index is 0.0103. The highest BCUT2D eigenvalue weighted by Crippen LogP contribution is 2.28. The maximum Gasteiger partial charge on any atom is 0.336 e. The smallest absolute Gasteiger partial charge is 0.336 e. The number of nitrogens with one attached hydrogen (secondary N) is 1. The molecule has 1 saturated heterocycles. The van der Waals surface area contributed by atoms with Gasteiger partial charge in [-0.3, -0.25) is 4.79 Å². The molecule has 1 aliphatic heterocycles. The Morgan fingerprint density at radius 1 is 0.971 bits per heavy atom. The largest absolute Gasteiger partial charge is 0.461 e. The molecular formula is C27H24N2O5. The first kappa shape index (κ1) is 21.7. The zero-order valence-corrected chi connectivity index (χ0v) is 18.5. The highest BCUT2D eigenvalue weighted by molar-refractivity contribution is 6.07. The van der Waals surface area contributed by atoms with Crippen molar-refractivity contribution in [2.45, 2.75) is 19.4 Å². The van der Waals surface area contributed by atoms with Gasteiger partial charge in [0.1, 0.15) is 12.2 Å². The molecule has 3 aromatic carbocycles. The van der Waals surface area contributed by atoms with Crippen molar-refractivity contribution in [3.05, 3.63) is 88.8 Å². The molecule has 1 aliphatic rings. The van der Waals surface area contributed by atoms with Gasteiger partial charge in [-0.25, -0.2) is 9.59 Å². The maximum absolute atomic E-state index is 12.8. The fourth-order valence-corrected chi connectivity index (χ4v) is 4.44. The second-order valence-electron chi connectivity index (χ2n) is 8.42. The first-order valence-electron chi connectivity index (χ1n) is 11.3. The quantitative estimate of drug-likeness (QED) is 0.267. The van der Waals surface area contributed by atoms with Crippen LogP contribution in [-0.4, -0.2) is 30.0 Å². The minimum atomic E-state index is -0.480. The van der Waals surface area contributed by atoms with Crippen LogP contribution in [0, 0.1) is 5.92 Å². The topological polar surface area (TPSA) is 88.9 Å². The number of carbonyl (C=O) groups excluding carboxylic acids is 2. The summed E-state index contributed by atoms with van der Waals surface area (Å²) in [6, 6.07) is 22.0. The number of benzene rings is 3. The lowest BCUT2D eigenvalue weighted by atomic mass is 9.97. The van der Waals surface area contributed by atoms with Gasteiger partial charge in [0.05, 0.1) is 5.92 Å². The van der Waals surface area contributed by atoms with Crippen molar-refractivity contribution in [1.29, 1.82) is 0 Å². The second kappa shape index (κ2) is 9.39. The molecule has 0 aliphatic carbocycles. The minimum Gasteiger partial charge on any atom is -0.461 e. The van der Waals surface area contributed by atoms with Crippen LogP contribution in [0.15, 0.2) is 82.0 Å². The van der Waals surface area contributed by atoms with Crippen LogP contribution in [0.4, 0.5) is 10.5 Å². The number of nitrogens with zero attached hydrogens (tertiary/aromatic N) is 1. The summed E-state index contributed by atoms with van der Waals surface area (Å²) in [5, 5.41) is 5.60. The number of likely N-dealkylation sites (tertiary alicyclic amines) is 1. The zero-order chi connectivity index (χ0) is 23.5. The number of amides is 2. The zero-order valence-electron chi connectivity index (χ0n) is 18.5. The average molecular weight is 456 g/mol. The number of ether oxygens (including phenoxy) is 1. The van der Waals surface area contributed by atoms with Gasteiger partial charge < -0.3 is 19.4 Å². The molecule has 7 nitrogen and oxygen atoms in total. The molecule has 0 spiro atoms. The molecule has 0 unspecified atom stereocenters. The molecule has 0 saturated carbocycles. The van der Waals surface area contributed by atoms with Crippen LogP contribution in [0.25, 0.3) is 21.7 Å². The number of piperidine rings is 1. The Balaban J connectivity index is 1.24. The van der Waals surface area contributed by atoms with Gasteiger partial charge in [-0.2, -0.15) is 0 Å². The number of hydrogen-bond acceptors (Lipinski definition) is 5. The lowest BCUT2D eigenvalue weighted by molar-refractivity contribution is -0.151. The van der Waals surface area contributed by atoms with Crippen LogP contribution in [0.5, 0.6) is 0 Å². The Kier molecular flexibility index (Phi) is 5.99. The van der Waals surface area contributed by atoms with Crippen LogP contribution in [-0.2, 0) is 16.1 Å². The monoisotopic (exact) mass is 456 g/mol. The molecule has 1 aromatic heterocycles. The SMILES string of the molecule is O=C(OCc1cc(=O)oc2ccc3ccccc3c12)C1CCN(C(=O)Nc2ccccc2)CC1. The van der Waals surface area contributed by atoms with E-state index in [1.807, 2.05) is 60.7 Å². The van der Waals surface area contributed by atoms with Crippen molar-refractivity contribution in [3.8, 4) is 0 Å². The summed E-state index contributed by atoms with van der Waals surface area (Å²) in [4.78, 5) is 39.0. The van der Waals surface area contributed by atoms with Crippen LogP contribution in [0.3, 0.4) is 0 Å². The number of fused-ring (bicyclic) bond motifs is 3. The molecule has 0 radical (unpaired) electrons. The van der Waals surface area contributed by atoms with E-state index in [0.717, 1.165) is 21.8 Å². The van der Waals surface area contributed by atoms with E-state index in [0.29, 0.717) is 37.1 Å². The highest BCUT2D eigenvalue weighted by Gasteiger charge is 2.28. The highest BCUT2D eigenvalue weighted by atomic mass is 16.5. The number of carbonyl (C=O) groups is 2. The van der Waals surface area contributed by atoms with Gasteiger partial charge in [0, 0.05) is 35.8 Å². The molecule has 172 valence electrons. The third-order valence-corrected chi connectivity index (χ3v) is 6.23. The predicted octanol–water partition coefficient (Wildman–Crippen LogP) is 4.93. The normalized spacial score (nSPS) is 14.3. The van der Waals surface area contributed by atoms with Crippen LogP contribution >= 0.6 is 0 Å². The number of urea groups is 1. The first-order chi connectivity index (χ1) is 16.6. The molecule has 5 rings (SSSR count). The standard InChI is InChI=1S/C27H24N2O5/c30-24-16-20(25-22-9-5-4-6-18(22)10-11-23(25)34-24)17-33-26(31)19-12-14-29(15-13-19)27(32)28-21-7-2-1-3-8-21/h1-11,16,19H,12-15,17H2,(H,28,32). The fourth-order valence-electron chi connectivity index (χ4n) is 4.44. The summed E-state index contributed by atoms with van der Waals surface area (Å²) in [6.07, 6.45) is 1.06. The number of anilines is 1. The van der Waals surface area contributed by atoms with Crippen molar-refractivity contribution < 1.29 is 18.7 Å². The van der Waals surface area contributed by atoms with Crippen LogP contribution in [0.1, 0.15) is 18.4 Å². The van der Waals surface area contributed by atoms with Crippen molar-refractivity contribution in [2.75, 3.05) is 18.4 Å². The third-order valence-electron chi connectivity index (χ3n) is 6.23. The summed E-state index contributed by atoms with van der Waals surface area (Å²) in [7, 11) is 0. The van der Waals surface area contributed by atoms with Gasteiger partial charge in [0.2, 0.25) is 0 Å². The lowest BCUT2D eigenvalue weighted by Gasteiger charge is -2.31. The van der Waals surface area contributed by atoms with Gasteiger partial charge in [-0.15, -0.1) is 0 Å². The molecule has 0 bridgehead atoms. The van der Waals surface area contributed by atoms with Gasteiger partial charge in [0.15, 0.2) is 0 Å². The van der Waals surface area contributed by atoms with Gasteiger partial charge in [0.25, 0.3) is 0 Å². The summed E-state index contributed by atoms with van der Waals surface area (Å²) in [5.41, 5.74) is 1.35. The number of para-hydroxylation sites is 1. The van der Waals surface area contributed by atoms with Gasteiger partial charge in [-0.05, 0) is 41.8 Å². The predicted molar refractivity (Wildman–Crippen MR) is 130 cm³/mol. The summed E-state index contributed by atoms with van der Waals surface area (Å²) >= 11 is 0. The molecule has 7 heteroatoms. The van der Waals surface area contributed by atoms with E-state index in [9.17, 15) is 14.4 Å². The first-order valence-corrected chi connectivity index (χ1v) is 11.3. The third kappa shape index (κ3) is 4.50. The number of rotatable bonds is 4. The summed E-state index contributed by atoms with van der Waals surface area (Å²) in [5.74, 6) is -0.603. The van der Waals surface area contributed by atoms with E-state index in [4.69, 9.17) is 9.15 Å². The maximum atomic E-state index is 12.8. The lowest BCUT2D eigenvalue weighted by Crippen LogP contribution is -2.42. The summed E-state index contributed by atoms with van der Waals surface area (Å²) < 4.78 is 11.0. The van der Waals surface area contributed by atoms with E-state index in [1.165, 1.54) is 6.07 Å². The summed E-state index contributed by atoms with van der Waals surface area (Å²) in [6.45, 7) is 0.936. The number of esters is 1. The number of hydrogen-bond donors (Lipinski definition) is 1. The van der Waals surface area contributed by atoms with E-state index in [2.05, 4.69) is 5.32 Å². The van der Waals surface area contributed by atoms with E-state index in [-0.39, 0.29) is 24.5 Å². The van der Waals surface area contributed by atoms with Crippen molar-refractivity contribution in [2.24, 2.45) is 5.92 Å². The van der Waals surface area contributed by atoms with Crippen LogP contribution < -0.4 is 10.9 Å². The van der Waals surface area contributed by atoms with E-state index >= 15 is 0 Å². The fraction of sp³-hybridized carbons (Fsp3) is 0.222. The Morgan fingerprint density at radius 2 is 1.71 bits per heavy atom. The second-order valence-corrected chi connectivity index (χ2v) is 8.42. The molecular weight excluding hydrogens is 432 g/mol. The van der Waals surface area contributed by atoms with Crippen LogP contribution in [0.2, 0.25) is 0 Å². The van der Waals surface area contributed by atoms with Crippen molar-refractivity contribution >= 4 is 39.4 Å². The van der Waals surface area contributed by atoms with E-state index < -0.39 is 5.63 Å². The van der Waals surface area contributed by atoms with Crippen molar-refractivity contribution in [3.63, 3.8) is 0 Å². The Morgan fingerprint density at radius 3 is 2.50 bits per heavy atom. The Labute approximate surface area is 195 Å². The van der Waals surface area contributed by atoms with E-state index in [1.54, 1.807) is 11.0 Å². The Hall–Kier alpha value is -4.13. The molecule has 2 amide bonds. The van der Waals surface area contributed by atoms with Gasteiger partial charge >= 0.3 is 17.6 Å². The average Bonchev–Trinajstić information content (AvgIpc) is 2.87. The molecule has 1 N–H and O–H groups in total. The molecule has 4 aromatic rings. The molecule has 34 heavy (non-hydrogen) atoms. The Bertz CT molecular complexity index is 1410. The van der Waals surface area contributed by atoms with Crippen molar-refractivity contribution in [1.82, 2.24) is 4.90 Å². The molecule has 1 fully saturated rings. The van der Waals surface area contributed by atoms with Gasteiger partial charge in [-0.1, -0.05) is 48.5 Å².